The Morgan fingerprint density at radius 1 is 0.958 bits per heavy atom. The molecule has 2 aliphatic rings. The van der Waals surface area contributed by atoms with Gasteiger partial charge in [-0.2, -0.15) is 0 Å². The lowest BCUT2D eigenvalue weighted by molar-refractivity contribution is -0.338. The Hall–Kier alpha value is -0.890. The second kappa shape index (κ2) is 7.56. The van der Waals surface area contributed by atoms with E-state index in [9.17, 15) is 30.3 Å². The molecule has 2 heterocycles. The van der Waals surface area contributed by atoms with Crippen molar-refractivity contribution in [3.8, 4) is 0 Å². The zero-order valence-electron chi connectivity index (χ0n) is 12.7. The molecule has 11 nitrogen and oxygen atoms in total. The van der Waals surface area contributed by atoms with Crippen LogP contribution in [0, 0.1) is 0 Å². The van der Waals surface area contributed by atoms with E-state index in [4.69, 9.17) is 24.4 Å². The lowest BCUT2D eigenvalue weighted by Crippen LogP contribution is -2.64. The maximum Gasteiger partial charge on any atom is 0.335 e. The first-order valence-corrected chi connectivity index (χ1v) is 7.39. The number of hydrogen-bond donors (Lipinski definition) is 7. The highest BCUT2D eigenvalue weighted by atomic mass is 16.7. The third kappa shape index (κ3) is 3.54. The Balaban J connectivity index is 2.10. The zero-order valence-corrected chi connectivity index (χ0v) is 12.7. The van der Waals surface area contributed by atoms with Gasteiger partial charge in [-0.25, -0.2) is 4.79 Å². The van der Waals surface area contributed by atoms with Crippen molar-refractivity contribution in [2.45, 2.75) is 68.1 Å². The van der Waals surface area contributed by atoms with Crippen LogP contribution in [0.2, 0.25) is 0 Å². The van der Waals surface area contributed by atoms with Crippen LogP contribution in [0.4, 0.5) is 0 Å². The number of aliphatic hydroxyl groups is 6. The number of carboxylic acid groups (broad SMARTS) is 1. The van der Waals surface area contributed by atoms with E-state index in [0.29, 0.717) is 0 Å². The van der Waals surface area contributed by atoms with E-state index in [-0.39, 0.29) is 0 Å². The molecule has 1 unspecified atom stereocenters. The van der Waals surface area contributed by atoms with Gasteiger partial charge in [-0.1, -0.05) is 0 Å². The number of aliphatic hydroxyl groups excluding tert-OH is 6. The monoisotopic (exact) mass is 354 g/mol. The van der Waals surface area contributed by atoms with Gasteiger partial charge in [0.1, 0.15) is 42.7 Å². The summed E-state index contributed by atoms with van der Waals surface area (Å²) in [5, 5.41) is 67.2. The second-order valence-corrected chi connectivity index (χ2v) is 5.88. The largest absolute Gasteiger partial charge is 0.479 e. The standard InChI is InChI=1S/C13H22O11/c1-3-10(7(17)8(18)11(22-3)12(20)21)24-13-9(19)6(16)5(15)4(2-14)23-13/h3-11,13-19H,2H2,1H3,(H,20,21)/t3?,4-,5-,6+,7+,8+,9-,10+,11+,13+/m1/s1. The lowest BCUT2D eigenvalue weighted by Gasteiger charge is -2.45. The van der Waals surface area contributed by atoms with Crippen LogP contribution in [0.15, 0.2) is 0 Å². The van der Waals surface area contributed by atoms with E-state index < -0.39 is 73.8 Å². The van der Waals surface area contributed by atoms with Gasteiger partial charge >= 0.3 is 5.97 Å². The van der Waals surface area contributed by atoms with Crippen molar-refractivity contribution in [1.29, 1.82) is 0 Å². The van der Waals surface area contributed by atoms with Gasteiger partial charge in [0.25, 0.3) is 0 Å². The molecule has 0 spiro atoms. The van der Waals surface area contributed by atoms with Crippen molar-refractivity contribution in [1.82, 2.24) is 0 Å². The highest BCUT2D eigenvalue weighted by molar-refractivity contribution is 5.73. The minimum atomic E-state index is -1.78. The van der Waals surface area contributed by atoms with Crippen LogP contribution in [0.3, 0.4) is 0 Å². The number of ether oxygens (including phenoxy) is 3. The molecule has 0 bridgehead atoms. The molecule has 0 aromatic heterocycles. The van der Waals surface area contributed by atoms with E-state index >= 15 is 0 Å². The van der Waals surface area contributed by atoms with Gasteiger partial charge in [-0.3, -0.25) is 0 Å². The van der Waals surface area contributed by atoms with E-state index in [1.165, 1.54) is 6.92 Å². The molecule has 2 aliphatic heterocycles. The van der Waals surface area contributed by atoms with Crippen LogP contribution in [0.5, 0.6) is 0 Å². The molecule has 2 saturated heterocycles. The molecule has 2 fully saturated rings. The number of carbonyl (C=O) groups is 1. The number of rotatable bonds is 4. The summed E-state index contributed by atoms with van der Waals surface area (Å²) in [4.78, 5) is 11.0. The minimum Gasteiger partial charge on any atom is -0.479 e. The fourth-order valence-corrected chi connectivity index (χ4v) is 2.77. The number of hydrogen-bond acceptors (Lipinski definition) is 10. The summed E-state index contributed by atoms with van der Waals surface area (Å²) in [6.07, 6.45) is -15.1. The maximum atomic E-state index is 11.0. The number of aliphatic carboxylic acids is 1. The van der Waals surface area contributed by atoms with Gasteiger partial charge in [0.15, 0.2) is 12.4 Å². The van der Waals surface area contributed by atoms with E-state index in [2.05, 4.69) is 0 Å². The summed E-state index contributed by atoms with van der Waals surface area (Å²) >= 11 is 0. The molecule has 0 aromatic rings. The van der Waals surface area contributed by atoms with Gasteiger partial charge in [0, 0.05) is 0 Å². The van der Waals surface area contributed by atoms with Crippen molar-refractivity contribution in [2.24, 2.45) is 0 Å². The van der Waals surface area contributed by atoms with Gasteiger partial charge in [-0.15, -0.1) is 0 Å². The SMILES string of the molecule is CC1O[C@H](C(=O)O)[C@@H](O)[C@H](O)[C@H]1O[C@@H]1O[C@H](CO)[C@@H](O)[C@H](O)[C@H]1O. The molecule has 0 amide bonds. The second-order valence-electron chi connectivity index (χ2n) is 5.88. The molecule has 11 heteroatoms. The first-order chi connectivity index (χ1) is 11.2. The van der Waals surface area contributed by atoms with Crippen LogP contribution < -0.4 is 0 Å². The number of carboxylic acids is 1. The Labute approximate surface area is 136 Å². The van der Waals surface area contributed by atoms with Crippen LogP contribution in [-0.4, -0.2) is 110 Å². The predicted octanol–water partition coefficient (Wildman–Crippen LogP) is -4.23. The predicted molar refractivity (Wildman–Crippen MR) is 72.6 cm³/mol. The van der Waals surface area contributed by atoms with Crippen LogP contribution in [0.1, 0.15) is 6.92 Å². The molecule has 24 heavy (non-hydrogen) atoms. The normalized spacial score (nSPS) is 49.8. The zero-order chi connectivity index (χ0) is 18.2. The van der Waals surface area contributed by atoms with Gasteiger partial charge in [0.2, 0.25) is 0 Å². The highest BCUT2D eigenvalue weighted by Gasteiger charge is 2.50. The average Bonchev–Trinajstić information content (AvgIpc) is 2.54. The molecular formula is C13H22O11. The summed E-state index contributed by atoms with van der Waals surface area (Å²) in [6.45, 7) is 0.730. The molecule has 0 radical (unpaired) electrons. The Morgan fingerprint density at radius 3 is 2.12 bits per heavy atom. The van der Waals surface area contributed by atoms with Crippen molar-refractivity contribution in [3.05, 3.63) is 0 Å². The molecule has 2 rings (SSSR count). The first kappa shape index (κ1) is 19.4. The van der Waals surface area contributed by atoms with E-state index in [1.54, 1.807) is 0 Å². The van der Waals surface area contributed by atoms with E-state index in [0.717, 1.165) is 0 Å². The quantitative estimate of drug-likeness (QED) is 0.259. The van der Waals surface area contributed by atoms with Crippen molar-refractivity contribution >= 4 is 5.97 Å². The smallest absolute Gasteiger partial charge is 0.335 e. The van der Waals surface area contributed by atoms with Crippen LogP contribution in [-0.2, 0) is 19.0 Å². The molecule has 0 aromatic carbocycles. The maximum absolute atomic E-state index is 11.0. The topological polar surface area (TPSA) is 186 Å². The summed E-state index contributed by atoms with van der Waals surface area (Å²) in [7, 11) is 0. The van der Waals surface area contributed by atoms with Crippen LogP contribution in [0.25, 0.3) is 0 Å². The molecular weight excluding hydrogens is 332 g/mol. The van der Waals surface area contributed by atoms with Gasteiger partial charge < -0.3 is 50.0 Å². The molecule has 10 atom stereocenters. The van der Waals surface area contributed by atoms with Gasteiger partial charge in [-0.05, 0) is 6.92 Å². The summed E-state index contributed by atoms with van der Waals surface area (Å²) < 4.78 is 15.6. The Kier molecular flexibility index (Phi) is 6.12. The van der Waals surface area contributed by atoms with Crippen molar-refractivity contribution in [2.75, 3.05) is 6.61 Å². The van der Waals surface area contributed by atoms with E-state index in [1.807, 2.05) is 0 Å². The van der Waals surface area contributed by atoms with Crippen molar-refractivity contribution < 1.29 is 54.8 Å². The fraction of sp³-hybridized carbons (Fsp3) is 0.923. The third-order valence-electron chi connectivity index (χ3n) is 4.20. The van der Waals surface area contributed by atoms with Crippen LogP contribution >= 0.6 is 0 Å². The minimum absolute atomic E-state index is 0.659. The summed E-state index contributed by atoms with van der Waals surface area (Å²) in [5.41, 5.74) is 0. The summed E-state index contributed by atoms with van der Waals surface area (Å²) in [6, 6.07) is 0. The highest BCUT2D eigenvalue weighted by Crippen LogP contribution is 2.29. The Morgan fingerprint density at radius 2 is 1.58 bits per heavy atom. The lowest BCUT2D eigenvalue weighted by atomic mass is 9.94. The third-order valence-corrected chi connectivity index (χ3v) is 4.20. The Bertz CT molecular complexity index is 444. The first-order valence-electron chi connectivity index (χ1n) is 7.39. The summed E-state index contributed by atoms with van der Waals surface area (Å²) in [5.74, 6) is -1.46. The average molecular weight is 354 g/mol. The molecule has 0 saturated carbocycles. The fourth-order valence-electron chi connectivity index (χ4n) is 2.77. The molecule has 0 aliphatic carbocycles. The molecule has 140 valence electrons. The van der Waals surface area contributed by atoms with Crippen molar-refractivity contribution in [3.63, 3.8) is 0 Å². The van der Waals surface area contributed by atoms with Gasteiger partial charge in [0.05, 0.1) is 12.7 Å². The molecule has 7 N–H and O–H groups in total.